The molecule has 0 unspecified atom stereocenters. The molecule has 3 atom stereocenters. The second kappa shape index (κ2) is 5.68. The van der Waals surface area contributed by atoms with E-state index in [0.29, 0.717) is 30.5 Å². The summed E-state index contributed by atoms with van der Waals surface area (Å²) in [5.41, 5.74) is 0.352. The van der Waals surface area contributed by atoms with Crippen LogP contribution in [0, 0.1) is 11.7 Å². The monoisotopic (exact) mass is 352 g/mol. The Morgan fingerprint density at radius 1 is 1.42 bits per heavy atom. The fourth-order valence-corrected chi connectivity index (χ4v) is 4.82. The Morgan fingerprint density at radius 2 is 2.21 bits per heavy atom. The average Bonchev–Trinajstić information content (AvgIpc) is 3.09. The number of hydrogen-bond acceptors (Lipinski definition) is 3. The largest absolute Gasteiger partial charge is 0.352 e. The predicted octanol–water partition coefficient (Wildman–Crippen LogP) is 3.04. The van der Waals surface area contributed by atoms with Crippen molar-refractivity contribution in [3.8, 4) is 0 Å². The van der Waals surface area contributed by atoms with Gasteiger partial charge in [0.25, 0.3) is 0 Å². The minimum atomic E-state index is -0.483. The van der Waals surface area contributed by atoms with Crippen molar-refractivity contribution in [3.05, 3.63) is 34.6 Å². The standard InChI is InChI=1S/C18H22ClFN2O2/c1-11(2)15-10-24-18-3-4-21(16(18)8-17(23)22(15)18)9-12-5-13(19)7-14(20)6-12/h5-7,11,15-16H,3-4,8-10H2,1-2H3/t15-,16+,18-/m0/s1. The van der Waals surface area contributed by atoms with Crippen LogP contribution in [0.5, 0.6) is 0 Å². The van der Waals surface area contributed by atoms with Crippen LogP contribution >= 0.6 is 11.6 Å². The number of rotatable bonds is 3. The second-order valence-electron chi connectivity index (χ2n) is 7.45. The van der Waals surface area contributed by atoms with Gasteiger partial charge in [0.1, 0.15) is 5.82 Å². The summed E-state index contributed by atoms with van der Waals surface area (Å²) in [6.45, 7) is 6.30. The van der Waals surface area contributed by atoms with Crippen LogP contribution in [-0.2, 0) is 16.1 Å². The Hall–Kier alpha value is -1.17. The molecule has 3 aliphatic rings. The summed E-state index contributed by atoms with van der Waals surface area (Å²) in [4.78, 5) is 16.9. The van der Waals surface area contributed by atoms with E-state index < -0.39 is 5.72 Å². The van der Waals surface area contributed by atoms with Crippen molar-refractivity contribution in [1.29, 1.82) is 0 Å². The number of hydrogen-bond donors (Lipinski definition) is 0. The number of amides is 1. The lowest BCUT2D eigenvalue weighted by Crippen LogP contribution is -2.50. The summed E-state index contributed by atoms with van der Waals surface area (Å²) in [5.74, 6) is 0.230. The summed E-state index contributed by atoms with van der Waals surface area (Å²) < 4.78 is 19.8. The Kier molecular flexibility index (Phi) is 3.86. The van der Waals surface area contributed by atoms with E-state index >= 15 is 0 Å². The van der Waals surface area contributed by atoms with Gasteiger partial charge in [-0.3, -0.25) is 9.69 Å². The fourth-order valence-electron chi connectivity index (χ4n) is 4.58. The van der Waals surface area contributed by atoms with Crippen LogP contribution in [0.4, 0.5) is 4.39 Å². The van der Waals surface area contributed by atoms with Gasteiger partial charge in [0.15, 0.2) is 5.72 Å². The van der Waals surface area contributed by atoms with Crippen molar-refractivity contribution in [2.24, 2.45) is 5.92 Å². The van der Waals surface area contributed by atoms with Crippen molar-refractivity contribution in [2.45, 2.75) is 51.0 Å². The molecule has 1 spiro atoms. The Morgan fingerprint density at radius 3 is 2.92 bits per heavy atom. The summed E-state index contributed by atoms with van der Waals surface area (Å²) in [5, 5.41) is 0.403. The van der Waals surface area contributed by atoms with Gasteiger partial charge in [-0.25, -0.2) is 4.39 Å². The molecule has 0 radical (unpaired) electrons. The van der Waals surface area contributed by atoms with Gasteiger partial charge in [-0.15, -0.1) is 0 Å². The van der Waals surface area contributed by atoms with Gasteiger partial charge in [-0.2, -0.15) is 0 Å². The molecule has 130 valence electrons. The first-order valence-corrected chi connectivity index (χ1v) is 8.93. The maximum atomic E-state index is 13.6. The van der Waals surface area contributed by atoms with E-state index in [-0.39, 0.29) is 23.8 Å². The number of ether oxygens (including phenoxy) is 1. The van der Waals surface area contributed by atoms with Gasteiger partial charge in [0.05, 0.1) is 18.7 Å². The fraction of sp³-hybridized carbons (Fsp3) is 0.611. The Bertz CT molecular complexity index is 663. The number of nitrogens with zero attached hydrogens (tertiary/aromatic N) is 2. The zero-order valence-corrected chi connectivity index (χ0v) is 14.7. The molecule has 0 aliphatic carbocycles. The first kappa shape index (κ1) is 16.3. The van der Waals surface area contributed by atoms with Crippen LogP contribution in [-0.4, -0.2) is 46.7 Å². The van der Waals surface area contributed by atoms with E-state index in [1.54, 1.807) is 6.07 Å². The maximum Gasteiger partial charge on any atom is 0.226 e. The smallest absolute Gasteiger partial charge is 0.226 e. The zero-order chi connectivity index (χ0) is 17.1. The van der Waals surface area contributed by atoms with Gasteiger partial charge >= 0.3 is 0 Å². The summed E-state index contributed by atoms with van der Waals surface area (Å²) >= 11 is 5.97. The molecule has 24 heavy (non-hydrogen) atoms. The summed E-state index contributed by atoms with van der Waals surface area (Å²) in [7, 11) is 0. The highest BCUT2D eigenvalue weighted by Crippen LogP contribution is 2.49. The van der Waals surface area contributed by atoms with Crippen LogP contribution in [0.1, 0.15) is 32.3 Å². The Labute approximate surface area is 146 Å². The molecule has 0 aromatic heterocycles. The highest BCUT2D eigenvalue weighted by molar-refractivity contribution is 6.30. The zero-order valence-electron chi connectivity index (χ0n) is 14.0. The van der Waals surface area contributed by atoms with Crippen molar-refractivity contribution >= 4 is 17.5 Å². The number of carbonyl (C=O) groups is 1. The highest BCUT2D eigenvalue weighted by atomic mass is 35.5. The van der Waals surface area contributed by atoms with E-state index in [1.807, 2.05) is 4.90 Å². The van der Waals surface area contributed by atoms with E-state index in [1.165, 1.54) is 12.1 Å². The molecular formula is C18H22ClFN2O2. The minimum absolute atomic E-state index is 0.0378. The van der Waals surface area contributed by atoms with E-state index in [4.69, 9.17) is 16.3 Å². The van der Waals surface area contributed by atoms with Crippen molar-refractivity contribution in [3.63, 3.8) is 0 Å². The van der Waals surface area contributed by atoms with E-state index in [2.05, 4.69) is 18.7 Å². The molecule has 3 heterocycles. The molecule has 3 saturated heterocycles. The van der Waals surface area contributed by atoms with Crippen molar-refractivity contribution in [1.82, 2.24) is 9.80 Å². The summed E-state index contributed by atoms with van der Waals surface area (Å²) in [6.07, 6.45) is 1.29. The van der Waals surface area contributed by atoms with Crippen molar-refractivity contribution in [2.75, 3.05) is 13.2 Å². The van der Waals surface area contributed by atoms with Crippen LogP contribution in [0.2, 0.25) is 5.02 Å². The van der Waals surface area contributed by atoms with Crippen LogP contribution in [0.15, 0.2) is 18.2 Å². The van der Waals surface area contributed by atoms with Gasteiger partial charge in [-0.1, -0.05) is 25.4 Å². The number of likely N-dealkylation sites (tertiary alicyclic amines) is 1. The molecule has 1 aromatic rings. The van der Waals surface area contributed by atoms with Gasteiger partial charge in [0, 0.05) is 31.0 Å². The van der Waals surface area contributed by atoms with E-state index in [9.17, 15) is 9.18 Å². The Balaban J connectivity index is 1.59. The third kappa shape index (κ3) is 2.37. The van der Waals surface area contributed by atoms with Crippen molar-refractivity contribution < 1.29 is 13.9 Å². The van der Waals surface area contributed by atoms with Crippen LogP contribution in [0.25, 0.3) is 0 Å². The molecule has 0 N–H and O–H groups in total. The lowest BCUT2D eigenvalue weighted by molar-refractivity contribution is -0.139. The lowest BCUT2D eigenvalue weighted by atomic mass is 10.0. The second-order valence-corrected chi connectivity index (χ2v) is 7.89. The predicted molar refractivity (Wildman–Crippen MR) is 89.0 cm³/mol. The molecule has 4 nitrogen and oxygen atoms in total. The third-order valence-corrected chi connectivity index (χ3v) is 5.89. The topological polar surface area (TPSA) is 32.8 Å². The average molecular weight is 353 g/mol. The molecule has 1 amide bonds. The molecule has 3 fully saturated rings. The molecule has 0 saturated carbocycles. The van der Waals surface area contributed by atoms with Gasteiger partial charge < -0.3 is 9.64 Å². The first-order chi connectivity index (χ1) is 11.4. The van der Waals surface area contributed by atoms with Crippen LogP contribution in [0.3, 0.4) is 0 Å². The minimum Gasteiger partial charge on any atom is -0.352 e. The summed E-state index contributed by atoms with van der Waals surface area (Å²) in [6, 6.07) is 4.81. The number of carbonyl (C=O) groups excluding carboxylic acids is 1. The quantitative estimate of drug-likeness (QED) is 0.838. The molecule has 3 aliphatic heterocycles. The lowest BCUT2D eigenvalue weighted by Gasteiger charge is -2.34. The molecule has 4 rings (SSSR count). The normalized spacial score (nSPS) is 32.7. The SMILES string of the molecule is CC(C)[C@@H]1CO[C@@]23CCN(Cc4cc(F)cc(Cl)c4)[C@@H]2CC(=O)N13. The maximum absolute atomic E-state index is 13.6. The third-order valence-electron chi connectivity index (χ3n) is 5.68. The van der Waals surface area contributed by atoms with Gasteiger partial charge in [-0.05, 0) is 29.7 Å². The first-order valence-electron chi connectivity index (χ1n) is 8.56. The van der Waals surface area contributed by atoms with Crippen LogP contribution < -0.4 is 0 Å². The molecular weight excluding hydrogens is 331 g/mol. The highest BCUT2D eigenvalue weighted by Gasteiger charge is 2.64. The molecule has 1 aromatic carbocycles. The van der Waals surface area contributed by atoms with E-state index in [0.717, 1.165) is 18.5 Å². The number of halogens is 2. The molecule has 6 heteroatoms. The number of benzene rings is 1. The van der Waals surface area contributed by atoms with Gasteiger partial charge in [0.2, 0.25) is 5.91 Å². The molecule has 0 bridgehead atoms.